The Labute approximate surface area is 78.6 Å². The minimum absolute atomic E-state index is 0.000579. The van der Waals surface area contributed by atoms with Gasteiger partial charge in [-0.25, -0.2) is 0 Å². The Kier molecular flexibility index (Phi) is 1.38. The van der Waals surface area contributed by atoms with Crippen LogP contribution in [0, 0.1) is 17.8 Å². The van der Waals surface area contributed by atoms with Gasteiger partial charge in [0.25, 0.3) is 0 Å². The van der Waals surface area contributed by atoms with Crippen LogP contribution in [0.2, 0.25) is 0 Å². The number of hydrogen-bond acceptors (Lipinski definition) is 2. The van der Waals surface area contributed by atoms with Crippen molar-refractivity contribution in [3.8, 4) is 0 Å². The van der Waals surface area contributed by atoms with Crippen LogP contribution in [0.4, 0.5) is 0 Å². The van der Waals surface area contributed by atoms with E-state index in [9.17, 15) is 4.79 Å². The van der Waals surface area contributed by atoms with E-state index in [0.717, 1.165) is 18.8 Å². The van der Waals surface area contributed by atoms with Crippen molar-refractivity contribution in [2.75, 3.05) is 0 Å². The third-order valence-corrected chi connectivity index (χ3v) is 4.28. The van der Waals surface area contributed by atoms with Crippen molar-refractivity contribution >= 4 is 5.97 Å². The Bertz CT molecular complexity index is 261. The third kappa shape index (κ3) is 0.918. The number of hydrogen-bond donors (Lipinski definition) is 0. The highest BCUT2D eigenvalue weighted by Crippen LogP contribution is 2.57. The number of ether oxygens (including phenoxy) is 1. The number of rotatable bonds is 0. The lowest BCUT2D eigenvalue weighted by atomic mass is 9.80. The molecule has 2 heteroatoms. The molecule has 1 spiro atoms. The number of esters is 1. The summed E-state index contributed by atoms with van der Waals surface area (Å²) in [7, 11) is 0. The van der Waals surface area contributed by atoms with E-state index in [1.807, 2.05) is 6.92 Å². The van der Waals surface area contributed by atoms with Crippen LogP contribution >= 0.6 is 0 Å². The Balaban J connectivity index is 1.88. The molecule has 72 valence electrons. The van der Waals surface area contributed by atoms with Gasteiger partial charge in [0, 0.05) is 6.42 Å². The summed E-state index contributed by atoms with van der Waals surface area (Å²) < 4.78 is 5.62. The molecule has 2 aliphatic carbocycles. The summed E-state index contributed by atoms with van der Waals surface area (Å²) in [5.74, 6) is 1.77. The Morgan fingerprint density at radius 2 is 2.23 bits per heavy atom. The molecule has 3 aliphatic rings. The molecule has 2 bridgehead atoms. The van der Waals surface area contributed by atoms with Gasteiger partial charge >= 0.3 is 5.97 Å². The second kappa shape index (κ2) is 2.28. The second-order valence-electron chi connectivity index (χ2n) is 5.17. The molecule has 2 saturated carbocycles. The number of carbonyl (C=O) groups is 1. The van der Waals surface area contributed by atoms with Gasteiger partial charge in [0.1, 0.15) is 5.60 Å². The summed E-state index contributed by atoms with van der Waals surface area (Å²) in [6, 6.07) is 0. The van der Waals surface area contributed by atoms with E-state index in [1.165, 1.54) is 19.3 Å². The highest BCUT2D eigenvalue weighted by Gasteiger charge is 2.57. The van der Waals surface area contributed by atoms with Crippen LogP contribution in [-0.2, 0) is 9.53 Å². The Morgan fingerprint density at radius 1 is 1.38 bits per heavy atom. The maximum Gasteiger partial charge on any atom is 0.309 e. The van der Waals surface area contributed by atoms with Gasteiger partial charge in [-0.05, 0) is 37.5 Å². The molecule has 0 aromatic carbocycles. The number of carbonyl (C=O) groups excluding carboxylic acids is 1. The first-order valence-electron chi connectivity index (χ1n) is 5.42. The van der Waals surface area contributed by atoms with E-state index in [2.05, 4.69) is 0 Å². The van der Waals surface area contributed by atoms with Crippen molar-refractivity contribution in [2.24, 2.45) is 17.8 Å². The van der Waals surface area contributed by atoms with Crippen molar-refractivity contribution in [1.82, 2.24) is 0 Å². The maximum absolute atomic E-state index is 11.4. The maximum atomic E-state index is 11.4. The van der Waals surface area contributed by atoms with Crippen molar-refractivity contribution in [3.63, 3.8) is 0 Å². The van der Waals surface area contributed by atoms with E-state index in [-0.39, 0.29) is 17.5 Å². The molecule has 3 fully saturated rings. The van der Waals surface area contributed by atoms with E-state index in [1.54, 1.807) is 0 Å². The lowest BCUT2D eigenvalue weighted by Gasteiger charge is -2.31. The zero-order valence-electron chi connectivity index (χ0n) is 8.08. The van der Waals surface area contributed by atoms with Gasteiger partial charge in [-0.3, -0.25) is 4.79 Å². The Morgan fingerprint density at radius 3 is 2.69 bits per heavy atom. The van der Waals surface area contributed by atoms with Gasteiger partial charge in [-0.1, -0.05) is 6.92 Å². The average molecular weight is 180 g/mol. The van der Waals surface area contributed by atoms with Gasteiger partial charge in [-0.15, -0.1) is 0 Å². The van der Waals surface area contributed by atoms with Crippen molar-refractivity contribution in [2.45, 2.75) is 44.6 Å². The van der Waals surface area contributed by atoms with Crippen LogP contribution in [0.3, 0.4) is 0 Å². The molecule has 0 amide bonds. The summed E-state index contributed by atoms with van der Waals surface area (Å²) in [6.45, 7) is 2.00. The molecule has 0 aromatic heterocycles. The monoisotopic (exact) mass is 180 g/mol. The van der Waals surface area contributed by atoms with Gasteiger partial charge in [0.15, 0.2) is 0 Å². The highest BCUT2D eigenvalue weighted by atomic mass is 16.6. The van der Waals surface area contributed by atoms with E-state index < -0.39 is 0 Å². The van der Waals surface area contributed by atoms with Crippen LogP contribution in [0.25, 0.3) is 0 Å². The normalized spacial score (nSPS) is 53.3. The summed E-state index contributed by atoms with van der Waals surface area (Å²) in [5, 5.41) is 0. The lowest BCUT2D eigenvalue weighted by molar-refractivity contribution is -0.154. The van der Waals surface area contributed by atoms with Crippen molar-refractivity contribution in [3.05, 3.63) is 0 Å². The van der Waals surface area contributed by atoms with Crippen LogP contribution in [0.15, 0.2) is 0 Å². The average Bonchev–Trinajstić information content (AvgIpc) is 2.68. The van der Waals surface area contributed by atoms with E-state index in [0.29, 0.717) is 5.92 Å². The lowest BCUT2D eigenvalue weighted by Crippen LogP contribution is -2.34. The third-order valence-electron chi connectivity index (χ3n) is 4.28. The number of fused-ring (bicyclic) bond motifs is 3. The minimum Gasteiger partial charge on any atom is -0.459 e. The molecular formula is C11H16O2. The first kappa shape index (κ1) is 7.84. The molecule has 2 nitrogen and oxygen atoms in total. The largest absolute Gasteiger partial charge is 0.459 e. The van der Waals surface area contributed by atoms with Crippen LogP contribution in [0.5, 0.6) is 0 Å². The topological polar surface area (TPSA) is 26.3 Å². The fourth-order valence-corrected chi connectivity index (χ4v) is 3.71. The van der Waals surface area contributed by atoms with Crippen molar-refractivity contribution < 1.29 is 9.53 Å². The predicted molar refractivity (Wildman–Crippen MR) is 48.1 cm³/mol. The Hall–Kier alpha value is -0.530. The van der Waals surface area contributed by atoms with Crippen molar-refractivity contribution in [1.29, 1.82) is 0 Å². The van der Waals surface area contributed by atoms with E-state index in [4.69, 9.17) is 4.74 Å². The zero-order chi connectivity index (χ0) is 9.05. The summed E-state index contributed by atoms with van der Waals surface area (Å²) in [6.07, 6.45) is 6.14. The molecule has 1 aliphatic heterocycles. The van der Waals surface area contributed by atoms with Crippen LogP contribution in [0.1, 0.15) is 39.0 Å². The smallest absolute Gasteiger partial charge is 0.309 e. The van der Waals surface area contributed by atoms with Gasteiger partial charge in [0.2, 0.25) is 0 Å². The summed E-state index contributed by atoms with van der Waals surface area (Å²) in [5.41, 5.74) is -0.000579. The first-order valence-corrected chi connectivity index (χ1v) is 5.42. The fourth-order valence-electron chi connectivity index (χ4n) is 3.71. The van der Waals surface area contributed by atoms with Crippen LogP contribution < -0.4 is 0 Å². The molecule has 4 atom stereocenters. The van der Waals surface area contributed by atoms with E-state index >= 15 is 0 Å². The molecule has 0 radical (unpaired) electrons. The summed E-state index contributed by atoms with van der Waals surface area (Å²) >= 11 is 0. The molecule has 1 heterocycles. The predicted octanol–water partition coefficient (Wildman–Crippen LogP) is 2.13. The molecule has 13 heavy (non-hydrogen) atoms. The SMILES string of the molecule is CC1CC2(CC3CCC2C3)OC1=O. The van der Waals surface area contributed by atoms with Gasteiger partial charge in [-0.2, -0.15) is 0 Å². The fraction of sp³-hybridized carbons (Fsp3) is 0.909. The van der Waals surface area contributed by atoms with Gasteiger partial charge in [0.05, 0.1) is 5.92 Å². The molecular weight excluding hydrogens is 164 g/mol. The zero-order valence-corrected chi connectivity index (χ0v) is 8.08. The standard InChI is InChI=1S/C11H16O2/c1-7-5-11(13-10(7)12)6-8-2-3-9(11)4-8/h7-9H,2-6H2,1H3. The highest BCUT2D eigenvalue weighted by molar-refractivity contribution is 5.75. The second-order valence-corrected chi connectivity index (χ2v) is 5.17. The molecule has 4 unspecified atom stereocenters. The summed E-state index contributed by atoms with van der Waals surface area (Å²) in [4.78, 5) is 11.4. The molecule has 0 aromatic rings. The molecule has 1 saturated heterocycles. The quantitative estimate of drug-likeness (QED) is 0.534. The minimum atomic E-state index is -0.000579. The van der Waals surface area contributed by atoms with Crippen LogP contribution in [-0.4, -0.2) is 11.6 Å². The first-order chi connectivity index (χ1) is 6.20. The molecule has 0 N–H and O–H groups in total. The van der Waals surface area contributed by atoms with Gasteiger partial charge < -0.3 is 4.74 Å². The molecule has 3 rings (SSSR count).